The number of carbonyl (C=O) groups excluding carboxylic acids is 1. The lowest BCUT2D eigenvalue weighted by molar-refractivity contribution is 0.112. The van der Waals surface area contributed by atoms with E-state index < -0.39 is 0 Å². The van der Waals surface area contributed by atoms with Crippen molar-refractivity contribution in [2.75, 3.05) is 0 Å². The van der Waals surface area contributed by atoms with Crippen molar-refractivity contribution >= 4 is 22.2 Å². The number of carbonyl (C=O) groups is 1. The minimum absolute atomic E-state index is 0.0893. The van der Waals surface area contributed by atoms with E-state index in [1.807, 2.05) is 0 Å². The van der Waals surface area contributed by atoms with Crippen LogP contribution in [0.3, 0.4) is 0 Å². The first kappa shape index (κ1) is 8.75. The minimum Gasteiger partial charge on any atom is -0.505 e. The van der Waals surface area contributed by atoms with E-state index in [0.29, 0.717) is 16.3 Å². The molecule has 0 saturated heterocycles. The molecule has 0 amide bonds. The van der Waals surface area contributed by atoms with Crippen molar-refractivity contribution < 1.29 is 9.90 Å². The number of hydrogen-bond donors (Lipinski definition) is 1. The number of aromatic hydroxyl groups is 1. The molecular formula is C8H4BrNO2. The second-order valence-corrected chi connectivity index (χ2v) is 2.98. The number of nitrogens with zero attached hydrogens (tertiary/aromatic N) is 1. The molecule has 0 radical (unpaired) electrons. The summed E-state index contributed by atoms with van der Waals surface area (Å²) < 4.78 is 0.351. The summed E-state index contributed by atoms with van der Waals surface area (Å²) in [6.07, 6.45) is 0.616. The quantitative estimate of drug-likeness (QED) is 0.743. The van der Waals surface area contributed by atoms with Crippen LogP contribution in [0.2, 0.25) is 0 Å². The first-order valence-electron chi connectivity index (χ1n) is 3.07. The van der Waals surface area contributed by atoms with Gasteiger partial charge < -0.3 is 5.11 Å². The van der Waals surface area contributed by atoms with E-state index in [1.165, 1.54) is 12.1 Å². The highest BCUT2D eigenvalue weighted by Crippen LogP contribution is 2.28. The fraction of sp³-hybridized carbons (Fsp3) is 0. The number of halogens is 1. The van der Waals surface area contributed by atoms with Crippen LogP contribution in [0.15, 0.2) is 16.6 Å². The first-order valence-corrected chi connectivity index (χ1v) is 3.86. The van der Waals surface area contributed by atoms with Crippen molar-refractivity contribution in [3.8, 4) is 11.8 Å². The van der Waals surface area contributed by atoms with Gasteiger partial charge in [0, 0.05) is 5.56 Å². The summed E-state index contributed by atoms with van der Waals surface area (Å²) >= 11 is 3.02. The zero-order chi connectivity index (χ0) is 9.14. The molecule has 0 aliphatic rings. The van der Waals surface area contributed by atoms with Crippen LogP contribution < -0.4 is 0 Å². The number of rotatable bonds is 1. The van der Waals surface area contributed by atoms with E-state index in [-0.39, 0.29) is 11.3 Å². The van der Waals surface area contributed by atoms with Crippen molar-refractivity contribution in [2.24, 2.45) is 0 Å². The van der Waals surface area contributed by atoms with E-state index in [4.69, 9.17) is 5.26 Å². The third-order valence-electron chi connectivity index (χ3n) is 1.34. The number of hydrogen-bond acceptors (Lipinski definition) is 3. The molecule has 1 aromatic carbocycles. The molecule has 0 aromatic heterocycles. The Morgan fingerprint density at radius 3 is 2.75 bits per heavy atom. The highest BCUT2D eigenvalue weighted by atomic mass is 79.9. The Morgan fingerprint density at radius 1 is 1.58 bits per heavy atom. The molecule has 0 atom stereocenters. The van der Waals surface area contributed by atoms with E-state index in [2.05, 4.69) is 15.9 Å². The molecule has 1 rings (SSSR count). The van der Waals surface area contributed by atoms with Crippen LogP contribution in [0.4, 0.5) is 0 Å². The molecule has 12 heavy (non-hydrogen) atoms. The molecule has 0 unspecified atom stereocenters. The molecule has 0 bridgehead atoms. The third kappa shape index (κ3) is 1.46. The van der Waals surface area contributed by atoms with E-state index in [9.17, 15) is 9.90 Å². The Balaban J connectivity index is 3.41. The second-order valence-electron chi connectivity index (χ2n) is 2.13. The largest absolute Gasteiger partial charge is 0.505 e. The van der Waals surface area contributed by atoms with Gasteiger partial charge in [-0.1, -0.05) is 0 Å². The Hall–Kier alpha value is -1.34. The zero-order valence-corrected chi connectivity index (χ0v) is 7.50. The van der Waals surface area contributed by atoms with Crippen molar-refractivity contribution in [1.29, 1.82) is 5.26 Å². The van der Waals surface area contributed by atoms with E-state index in [1.54, 1.807) is 6.07 Å². The van der Waals surface area contributed by atoms with Gasteiger partial charge in [-0.15, -0.1) is 0 Å². The van der Waals surface area contributed by atoms with Gasteiger partial charge in [0.25, 0.3) is 0 Å². The number of phenolic OH excluding ortho intramolecular Hbond substituents is 1. The van der Waals surface area contributed by atoms with Gasteiger partial charge in [0.1, 0.15) is 18.1 Å². The van der Waals surface area contributed by atoms with E-state index in [0.717, 1.165) is 0 Å². The van der Waals surface area contributed by atoms with Crippen molar-refractivity contribution in [1.82, 2.24) is 0 Å². The summed E-state index contributed by atoms with van der Waals surface area (Å²) in [5, 5.41) is 17.7. The highest BCUT2D eigenvalue weighted by molar-refractivity contribution is 9.10. The second kappa shape index (κ2) is 3.37. The van der Waals surface area contributed by atoms with Crippen LogP contribution in [-0.2, 0) is 0 Å². The van der Waals surface area contributed by atoms with Gasteiger partial charge in [0.15, 0.2) is 0 Å². The fourth-order valence-corrected chi connectivity index (χ4v) is 1.25. The molecule has 3 nitrogen and oxygen atoms in total. The monoisotopic (exact) mass is 225 g/mol. The lowest BCUT2D eigenvalue weighted by atomic mass is 10.1. The molecule has 4 heteroatoms. The predicted molar refractivity (Wildman–Crippen MR) is 45.9 cm³/mol. The number of aldehydes is 1. The first-order chi connectivity index (χ1) is 5.69. The topological polar surface area (TPSA) is 61.1 Å². The Kier molecular flexibility index (Phi) is 2.46. The van der Waals surface area contributed by atoms with Gasteiger partial charge in [-0.3, -0.25) is 4.79 Å². The highest BCUT2D eigenvalue weighted by Gasteiger charge is 2.06. The van der Waals surface area contributed by atoms with Crippen LogP contribution in [0.25, 0.3) is 0 Å². The van der Waals surface area contributed by atoms with Gasteiger partial charge in [-0.2, -0.15) is 5.26 Å². The van der Waals surface area contributed by atoms with Crippen LogP contribution in [-0.4, -0.2) is 11.4 Å². The van der Waals surface area contributed by atoms with Crippen molar-refractivity contribution in [3.05, 3.63) is 27.7 Å². The summed E-state index contributed by atoms with van der Waals surface area (Å²) in [7, 11) is 0. The van der Waals surface area contributed by atoms with Crippen LogP contribution in [0.5, 0.6) is 5.75 Å². The molecule has 0 fully saturated rings. The van der Waals surface area contributed by atoms with Crippen LogP contribution >= 0.6 is 15.9 Å². The molecule has 60 valence electrons. The Morgan fingerprint density at radius 2 is 2.25 bits per heavy atom. The average molecular weight is 226 g/mol. The predicted octanol–water partition coefficient (Wildman–Crippen LogP) is 1.84. The lowest BCUT2D eigenvalue weighted by Gasteiger charge is -1.99. The summed E-state index contributed by atoms with van der Waals surface area (Å²) in [6.45, 7) is 0. The van der Waals surface area contributed by atoms with Gasteiger partial charge in [-0.05, 0) is 28.1 Å². The number of nitriles is 1. The molecule has 0 aliphatic carbocycles. The maximum atomic E-state index is 10.3. The smallest absolute Gasteiger partial charge is 0.150 e. The number of benzene rings is 1. The van der Waals surface area contributed by atoms with Crippen LogP contribution in [0.1, 0.15) is 15.9 Å². The van der Waals surface area contributed by atoms with Gasteiger partial charge in [0.2, 0.25) is 0 Å². The van der Waals surface area contributed by atoms with Crippen molar-refractivity contribution in [2.45, 2.75) is 0 Å². The average Bonchev–Trinajstić information content (AvgIpc) is 2.09. The fourth-order valence-electron chi connectivity index (χ4n) is 0.773. The summed E-state index contributed by atoms with van der Waals surface area (Å²) in [6, 6.07) is 4.55. The maximum absolute atomic E-state index is 10.3. The molecule has 0 saturated carbocycles. The minimum atomic E-state index is -0.136. The third-order valence-corrected chi connectivity index (χ3v) is 1.95. The number of phenols is 1. The van der Waals surface area contributed by atoms with Gasteiger partial charge in [0.05, 0.1) is 10.0 Å². The summed E-state index contributed by atoms with van der Waals surface area (Å²) in [5.41, 5.74) is 0.447. The molecule has 0 heterocycles. The lowest BCUT2D eigenvalue weighted by Crippen LogP contribution is -1.84. The van der Waals surface area contributed by atoms with Crippen molar-refractivity contribution in [3.63, 3.8) is 0 Å². The standard InChI is InChI=1S/C8H4BrNO2/c9-7-2-5(4-11)1-6(3-10)8(7)12/h1-2,4,12H. The van der Waals surface area contributed by atoms with E-state index >= 15 is 0 Å². The van der Waals surface area contributed by atoms with Gasteiger partial charge in [-0.25, -0.2) is 0 Å². The summed E-state index contributed by atoms with van der Waals surface area (Å²) in [4.78, 5) is 10.3. The molecule has 1 N–H and O–H groups in total. The normalized spacial score (nSPS) is 9.00. The van der Waals surface area contributed by atoms with Crippen LogP contribution in [0, 0.1) is 11.3 Å². The molecule has 1 aromatic rings. The maximum Gasteiger partial charge on any atom is 0.150 e. The molecule has 0 aliphatic heterocycles. The zero-order valence-electron chi connectivity index (χ0n) is 5.91. The SMILES string of the molecule is N#Cc1cc(C=O)cc(Br)c1O. The summed E-state index contributed by atoms with van der Waals surface area (Å²) in [5.74, 6) is -0.136. The molecule has 0 spiro atoms. The Labute approximate surface area is 77.4 Å². The van der Waals surface area contributed by atoms with Gasteiger partial charge >= 0.3 is 0 Å². The molecular weight excluding hydrogens is 222 g/mol. The Bertz CT molecular complexity index is 368.